The maximum Gasteiger partial charge on any atom is 0.146 e. The maximum atomic E-state index is 5.85. The molecular weight excluding hydrogens is 234 g/mol. The van der Waals surface area contributed by atoms with Gasteiger partial charge in [0.15, 0.2) is 0 Å². The number of nitrogens with zero attached hydrogens (tertiary/aromatic N) is 2. The van der Waals surface area contributed by atoms with Crippen molar-refractivity contribution in [3.8, 4) is 0 Å². The van der Waals surface area contributed by atoms with Crippen LogP contribution in [0.3, 0.4) is 0 Å². The molecule has 1 heterocycles. The minimum atomic E-state index is 0.545. The Labute approximate surface area is 106 Å². The molecule has 2 aromatic rings. The molecule has 0 unspecified atom stereocenters. The normalized spacial score (nSPS) is 10.2. The van der Waals surface area contributed by atoms with Crippen molar-refractivity contribution in [2.24, 2.45) is 0 Å². The van der Waals surface area contributed by atoms with E-state index in [9.17, 15) is 0 Å². The number of pyridine rings is 1. The van der Waals surface area contributed by atoms with Crippen LogP contribution in [0, 0.1) is 0 Å². The van der Waals surface area contributed by atoms with Gasteiger partial charge < -0.3 is 10.6 Å². The molecule has 4 heteroatoms. The number of hydrogen-bond acceptors (Lipinski definition) is 3. The molecule has 0 aliphatic carbocycles. The van der Waals surface area contributed by atoms with Gasteiger partial charge in [-0.15, -0.1) is 0 Å². The Hall–Kier alpha value is -1.74. The zero-order valence-corrected chi connectivity index (χ0v) is 10.4. The number of hydrogen-bond donors (Lipinski definition) is 1. The van der Waals surface area contributed by atoms with E-state index in [0.717, 1.165) is 17.3 Å². The fourth-order valence-corrected chi connectivity index (χ4v) is 1.81. The van der Waals surface area contributed by atoms with Crippen LogP contribution in [-0.2, 0) is 6.54 Å². The van der Waals surface area contributed by atoms with Gasteiger partial charge in [-0.2, -0.15) is 0 Å². The molecule has 3 nitrogen and oxygen atoms in total. The predicted octanol–water partition coefficient (Wildman–Crippen LogP) is 2.95. The second-order valence-electron chi connectivity index (χ2n) is 3.89. The van der Waals surface area contributed by atoms with Crippen LogP contribution in [-0.4, -0.2) is 12.0 Å². The largest absolute Gasteiger partial charge is 0.382 e. The first-order valence-corrected chi connectivity index (χ1v) is 5.70. The maximum absolute atomic E-state index is 5.85. The summed E-state index contributed by atoms with van der Waals surface area (Å²) in [6, 6.07) is 11.6. The number of nitrogen functional groups attached to an aromatic ring is 1. The van der Waals surface area contributed by atoms with Crippen LogP contribution < -0.4 is 10.6 Å². The fourth-order valence-electron chi connectivity index (χ4n) is 1.68. The van der Waals surface area contributed by atoms with Gasteiger partial charge in [0.2, 0.25) is 0 Å². The summed E-state index contributed by atoms with van der Waals surface area (Å²) in [5, 5.41) is 0.747. The van der Waals surface area contributed by atoms with Crippen molar-refractivity contribution in [3.05, 3.63) is 53.2 Å². The molecule has 0 aliphatic heterocycles. The summed E-state index contributed by atoms with van der Waals surface area (Å²) in [5.74, 6) is 0.545. The molecule has 0 saturated heterocycles. The molecule has 0 saturated carbocycles. The molecular formula is C13H14ClN3. The molecule has 2 rings (SSSR count). The number of rotatable bonds is 3. The minimum Gasteiger partial charge on any atom is -0.382 e. The van der Waals surface area contributed by atoms with E-state index in [1.807, 2.05) is 43.4 Å². The molecule has 1 aromatic heterocycles. The first-order chi connectivity index (χ1) is 8.16. The third-order valence-electron chi connectivity index (χ3n) is 2.56. The van der Waals surface area contributed by atoms with Crippen LogP contribution in [0.15, 0.2) is 42.6 Å². The Morgan fingerprint density at radius 2 is 1.94 bits per heavy atom. The van der Waals surface area contributed by atoms with E-state index in [-0.39, 0.29) is 0 Å². The summed E-state index contributed by atoms with van der Waals surface area (Å²) >= 11 is 5.85. The smallest absolute Gasteiger partial charge is 0.146 e. The minimum absolute atomic E-state index is 0.545. The van der Waals surface area contributed by atoms with E-state index in [2.05, 4.69) is 9.88 Å². The van der Waals surface area contributed by atoms with Crippen LogP contribution in [0.4, 0.5) is 11.5 Å². The number of nitrogens with two attached hydrogens (primary N) is 1. The van der Waals surface area contributed by atoms with Crippen molar-refractivity contribution in [3.63, 3.8) is 0 Å². The summed E-state index contributed by atoms with van der Waals surface area (Å²) in [7, 11) is 1.99. The molecule has 88 valence electrons. The van der Waals surface area contributed by atoms with Crippen LogP contribution >= 0.6 is 11.6 Å². The van der Waals surface area contributed by atoms with Crippen molar-refractivity contribution < 1.29 is 0 Å². The molecule has 17 heavy (non-hydrogen) atoms. The highest BCUT2D eigenvalue weighted by molar-refractivity contribution is 6.30. The molecule has 0 aliphatic rings. The van der Waals surface area contributed by atoms with E-state index in [1.54, 1.807) is 6.20 Å². The van der Waals surface area contributed by atoms with Gasteiger partial charge >= 0.3 is 0 Å². The summed E-state index contributed by atoms with van der Waals surface area (Å²) in [6.45, 7) is 0.771. The van der Waals surface area contributed by atoms with Crippen LogP contribution in [0.5, 0.6) is 0 Å². The molecule has 0 fully saturated rings. The average molecular weight is 248 g/mol. The van der Waals surface area contributed by atoms with Gasteiger partial charge in [0.25, 0.3) is 0 Å². The molecule has 0 spiro atoms. The topological polar surface area (TPSA) is 42.2 Å². The third kappa shape index (κ3) is 2.88. The Bertz CT molecular complexity index is 496. The number of benzene rings is 1. The Morgan fingerprint density at radius 1 is 1.24 bits per heavy atom. The quantitative estimate of drug-likeness (QED) is 0.907. The van der Waals surface area contributed by atoms with E-state index in [4.69, 9.17) is 17.3 Å². The molecule has 2 N–H and O–H groups in total. The SMILES string of the molecule is CN(Cc1ccc(Cl)cc1)c1cccnc1N. The predicted molar refractivity (Wildman–Crippen MR) is 72.2 cm³/mol. The molecule has 0 bridgehead atoms. The lowest BCUT2D eigenvalue weighted by molar-refractivity contribution is 0.920. The number of anilines is 2. The summed E-state index contributed by atoms with van der Waals surface area (Å²) in [4.78, 5) is 6.13. The van der Waals surface area contributed by atoms with Gasteiger partial charge in [0.05, 0.1) is 5.69 Å². The van der Waals surface area contributed by atoms with E-state index < -0.39 is 0 Å². The molecule has 0 radical (unpaired) electrons. The molecule has 0 amide bonds. The first kappa shape index (κ1) is 11.7. The Kier molecular flexibility index (Phi) is 3.49. The summed E-state index contributed by atoms with van der Waals surface area (Å²) < 4.78 is 0. The van der Waals surface area contributed by atoms with E-state index in [0.29, 0.717) is 5.82 Å². The van der Waals surface area contributed by atoms with E-state index >= 15 is 0 Å². The van der Waals surface area contributed by atoms with Crippen molar-refractivity contribution >= 4 is 23.1 Å². The lowest BCUT2D eigenvalue weighted by Gasteiger charge is -2.20. The van der Waals surface area contributed by atoms with Gasteiger partial charge in [-0.25, -0.2) is 4.98 Å². The van der Waals surface area contributed by atoms with Gasteiger partial charge in [-0.3, -0.25) is 0 Å². The van der Waals surface area contributed by atoms with Crippen LogP contribution in [0.25, 0.3) is 0 Å². The molecule has 1 aromatic carbocycles. The summed E-state index contributed by atoms with van der Waals surface area (Å²) in [5.41, 5.74) is 7.94. The number of halogens is 1. The van der Waals surface area contributed by atoms with E-state index in [1.165, 1.54) is 5.56 Å². The second-order valence-corrected chi connectivity index (χ2v) is 4.33. The first-order valence-electron chi connectivity index (χ1n) is 5.33. The molecule has 0 atom stereocenters. The van der Waals surface area contributed by atoms with Crippen LogP contribution in [0.1, 0.15) is 5.56 Å². The second kappa shape index (κ2) is 5.06. The average Bonchev–Trinajstić information content (AvgIpc) is 2.32. The lowest BCUT2D eigenvalue weighted by Crippen LogP contribution is -2.18. The summed E-state index contributed by atoms with van der Waals surface area (Å²) in [6.07, 6.45) is 1.69. The zero-order valence-electron chi connectivity index (χ0n) is 9.60. The number of aromatic nitrogens is 1. The van der Waals surface area contributed by atoms with Crippen molar-refractivity contribution in [1.29, 1.82) is 0 Å². The monoisotopic (exact) mass is 247 g/mol. The Morgan fingerprint density at radius 3 is 2.59 bits per heavy atom. The fraction of sp³-hybridized carbons (Fsp3) is 0.154. The van der Waals surface area contributed by atoms with Crippen molar-refractivity contribution in [1.82, 2.24) is 4.98 Å². The van der Waals surface area contributed by atoms with Gasteiger partial charge in [-0.05, 0) is 29.8 Å². The third-order valence-corrected chi connectivity index (χ3v) is 2.81. The van der Waals surface area contributed by atoms with Crippen molar-refractivity contribution in [2.75, 3.05) is 17.7 Å². The van der Waals surface area contributed by atoms with Gasteiger partial charge in [0, 0.05) is 24.8 Å². The van der Waals surface area contributed by atoms with Gasteiger partial charge in [-0.1, -0.05) is 23.7 Å². The standard InChI is InChI=1S/C13H14ClN3/c1-17(12-3-2-8-16-13(12)15)9-10-4-6-11(14)7-5-10/h2-8H,9H2,1H3,(H2,15,16). The van der Waals surface area contributed by atoms with Gasteiger partial charge in [0.1, 0.15) is 5.82 Å². The highest BCUT2D eigenvalue weighted by atomic mass is 35.5. The lowest BCUT2D eigenvalue weighted by atomic mass is 10.2. The Balaban J connectivity index is 2.14. The van der Waals surface area contributed by atoms with Crippen LogP contribution in [0.2, 0.25) is 5.02 Å². The highest BCUT2D eigenvalue weighted by Crippen LogP contribution is 2.21. The zero-order chi connectivity index (χ0) is 12.3. The van der Waals surface area contributed by atoms with Crippen molar-refractivity contribution in [2.45, 2.75) is 6.54 Å². The highest BCUT2D eigenvalue weighted by Gasteiger charge is 2.05.